The summed E-state index contributed by atoms with van der Waals surface area (Å²) in [4.78, 5) is 12.5. The third-order valence-electron chi connectivity index (χ3n) is 4.28. The molecular weight excluding hydrogens is 276 g/mol. The van der Waals surface area contributed by atoms with Gasteiger partial charge in [-0.2, -0.15) is 23.5 Å². The molecule has 0 spiro atoms. The summed E-state index contributed by atoms with van der Waals surface area (Å²) in [5, 5.41) is 7.20. The van der Waals surface area contributed by atoms with Crippen molar-refractivity contribution < 1.29 is 4.79 Å². The van der Waals surface area contributed by atoms with E-state index in [2.05, 4.69) is 24.5 Å². The normalized spacial score (nSPS) is 28.9. The highest BCUT2D eigenvalue weighted by atomic mass is 32.2. The number of nitrogens with one attached hydrogen (secondary N) is 2. The van der Waals surface area contributed by atoms with Crippen molar-refractivity contribution in [1.29, 1.82) is 0 Å². The quantitative estimate of drug-likeness (QED) is 0.833. The number of carbonyl (C=O) groups is 1. The molecule has 2 aliphatic rings. The number of thioether (sulfide) groups is 2. The molecule has 0 aromatic heterocycles. The van der Waals surface area contributed by atoms with Crippen LogP contribution in [0.2, 0.25) is 0 Å². The lowest BCUT2D eigenvalue weighted by Gasteiger charge is -2.36. The number of amides is 1. The first kappa shape index (κ1) is 15.5. The topological polar surface area (TPSA) is 41.1 Å². The minimum absolute atomic E-state index is 0.234. The number of hydrogen-bond donors (Lipinski definition) is 2. The summed E-state index contributed by atoms with van der Waals surface area (Å²) in [5.41, 5.74) is -0.250. The maximum atomic E-state index is 12.5. The summed E-state index contributed by atoms with van der Waals surface area (Å²) in [5.74, 6) is 4.36. The summed E-state index contributed by atoms with van der Waals surface area (Å²) in [7, 11) is 0. The van der Waals surface area contributed by atoms with Crippen LogP contribution in [0, 0.1) is 11.3 Å². The summed E-state index contributed by atoms with van der Waals surface area (Å²) < 4.78 is 0. The van der Waals surface area contributed by atoms with Gasteiger partial charge in [-0.1, -0.05) is 13.8 Å². The SMILES string of the molecule is CC(C)(C(=O)NCC1CSCCS1)C1CCCNC1. The molecule has 2 saturated heterocycles. The molecule has 2 N–H and O–H groups in total. The van der Waals surface area contributed by atoms with Crippen molar-refractivity contribution in [1.82, 2.24) is 10.6 Å². The van der Waals surface area contributed by atoms with Crippen LogP contribution in [0.4, 0.5) is 0 Å². The van der Waals surface area contributed by atoms with Gasteiger partial charge >= 0.3 is 0 Å². The predicted molar refractivity (Wildman–Crippen MR) is 86.0 cm³/mol. The highest BCUT2D eigenvalue weighted by Crippen LogP contribution is 2.32. The molecule has 110 valence electrons. The maximum Gasteiger partial charge on any atom is 0.226 e. The van der Waals surface area contributed by atoms with Gasteiger partial charge in [-0.25, -0.2) is 0 Å². The van der Waals surface area contributed by atoms with Crippen LogP contribution in [-0.2, 0) is 4.79 Å². The van der Waals surface area contributed by atoms with E-state index < -0.39 is 0 Å². The zero-order valence-corrected chi connectivity index (χ0v) is 13.7. The molecular formula is C14H26N2OS2. The van der Waals surface area contributed by atoms with Crippen LogP contribution in [0.15, 0.2) is 0 Å². The Morgan fingerprint density at radius 1 is 1.42 bits per heavy atom. The first-order valence-corrected chi connectivity index (χ1v) is 9.49. The zero-order valence-electron chi connectivity index (χ0n) is 12.0. The standard InChI is InChI=1S/C14H26N2OS2/c1-14(2,11-4-3-5-15-8-11)13(17)16-9-12-10-18-6-7-19-12/h11-12,15H,3-10H2,1-2H3,(H,16,17). The van der Waals surface area contributed by atoms with Crippen molar-refractivity contribution >= 4 is 29.4 Å². The summed E-state index contributed by atoms with van der Waals surface area (Å²) in [6.45, 7) is 7.12. The minimum atomic E-state index is -0.250. The molecule has 0 radical (unpaired) electrons. The molecule has 19 heavy (non-hydrogen) atoms. The van der Waals surface area contributed by atoms with Gasteiger partial charge in [0.25, 0.3) is 0 Å². The number of piperidine rings is 1. The summed E-state index contributed by atoms with van der Waals surface area (Å²) in [6, 6.07) is 0. The van der Waals surface area contributed by atoms with Gasteiger partial charge in [-0.3, -0.25) is 4.79 Å². The van der Waals surface area contributed by atoms with Gasteiger partial charge in [0.2, 0.25) is 5.91 Å². The Hall–Kier alpha value is 0.130. The highest BCUT2D eigenvalue weighted by Gasteiger charge is 2.37. The molecule has 0 saturated carbocycles. The monoisotopic (exact) mass is 302 g/mol. The fourth-order valence-electron chi connectivity index (χ4n) is 2.74. The van der Waals surface area contributed by atoms with E-state index in [1.165, 1.54) is 30.1 Å². The molecule has 2 fully saturated rings. The number of hydrogen-bond acceptors (Lipinski definition) is 4. The summed E-state index contributed by atoms with van der Waals surface area (Å²) >= 11 is 4.01. The number of rotatable bonds is 4. The van der Waals surface area contributed by atoms with Gasteiger partial charge in [0.1, 0.15) is 0 Å². The van der Waals surface area contributed by atoms with Crippen molar-refractivity contribution in [3.8, 4) is 0 Å². The Morgan fingerprint density at radius 3 is 2.89 bits per heavy atom. The molecule has 0 aromatic carbocycles. The second kappa shape index (κ2) is 7.23. The molecule has 0 aliphatic carbocycles. The van der Waals surface area contributed by atoms with E-state index in [9.17, 15) is 4.79 Å². The highest BCUT2D eigenvalue weighted by molar-refractivity contribution is 8.06. The molecule has 2 aliphatic heterocycles. The van der Waals surface area contributed by atoms with Crippen molar-refractivity contribution in [2.24, 2.45) is 11.3 Å². The van der Waals surface area contributed by atoms with E-state index in [0.29, 0.717) is 11.2 Å². The van der Waals surface area contributed by atoms with E-state index in [0.717, 1.165) is 19.6 Å². The average molecular weight is 303 g/mol. The fraction of sp³-hybridized carbons (Fsp3) is 0.929. The third-order valence-corrected chi connectivity index (χ3v) is 7.12. The Kier molecular flexibility index (Phi) is 5.90. The second-order valence-corrected chi connectivity index (χ2v) is 8.60. The van der Waals surface area contributed by atoms with Crippen molar-refractivity contribution in [3.05, 3.63) is 0 Å². The van der Waals surface area contributed by atoms with Crippen LogP contribution in [0.25, 0.3) is 0 Å². The second-order valence-electron chi connectivity index (χ2n) is 6.04. The van der Waals surface area contributed by atoms with E-state index in [-0.39, 0.29) is 11.3 Å². The van der Waals surface area contributed by atoms with Crippen molar-refractivity contribution in [2.45, 2.75) is 31.9 Å². The van der Waals surface area contributed by atoms with Crippen LogP contribution in [0.1, 0.15) is 26.7 Å². The molecule has 2 unspecified atom stereocenters. The summed E-state index contributed by atoms with van der Waals surface area (Å²) in [6.07, 6.45) is 2.36. The first-order valence-electron chi connectivity index (χ1n) is 7.29. The van der Waals surface area contributed by atoms with Gasteiger partial charge < -0.3 is 10.6 Å². The first-order chi connectivity index (χ1) is 9.10. The molecule has 1 amide bonds. The number of carbonyl (C=O) groups excluding carboxylic acids is 1. The maximum absolute atomic E-state index is 12.5. The molecule has 2 rings (SSSR count). The Labute approximate surface area is 125 Å². The molecule has 0 bridgehead atoms. The Balaban J connectivity index is 1.79. The van der Waals surface area contributed by atoms with Gasteiger partial charge in [0, 0.05) is 34.5 Å². The van der Waals surface area contributed by atoms with Gasteiger partial charge in [-0.15, -0.1) is 0 Å². The van der Waals surface area contributed by atoms with Crippen LogP contribution >= 0.6 is 23.5 Å². The molecule has 5 heteroatoms. The average Bonchev–Trinajstić information content (AvgIpc) is 2.46. The lowest BCUT2D eigenvalue weighted by molar-refractivity contribution is -0.132. The Bertz CT molecular complexity index is 298. The van der Waals surface area contributed by atoms with Crippen LogP contribution in [0.3, 0.4) is 0 Å². The van der Waals surface area contributed by atoms with Crippen LogP contribution in [0.5, 0.6) is 0 Å². The van der Waals surface area contributed by atoms with E-state index in [1.807, 2.05) is 23.5 Å². The lowest BCUT2D eigenvalue weighted by Crippen LogP contribution is -2.48. The van der Waals surface area contributed by atoms with Gasteiger partial charge in [-0.05, 0) is 31.8 Å². The molecule has 2 atom stereocenters. The smallest absolute Gasteiger partial charge is 0.226 e. The molecule has 3 nitrogen and oxygen atoms in total. The lowest BCUT2D eigenvalue weighted by atomic mass is 9.74. The van der Waals surface area contributed by atoms with Crippen LogP contribution in [-0.4, -0.2) is 48.0 Å². The van der Waals surface area contributed by atoms with Gasteiger partial charge in [0.05, 0.1) is 0 Å². The predicted octanol–water partition coefficient (Wildman–Crippen LogP) is 1.98. The third kappa shape index (κ3) is 4.30. The minimum Gasteiger partial charge on any atom is -0.354 e. The molecule has 0 aromatic rings. The molecule has 2 heterocycles. The van der Waals surface area contributed by atoms with Crippen molar-refractivity contribution in [2.75, 3.05) is 36.9 Å². The van der Waals surface area contributed by atoms with E-state index in [1.54, 1.807) is 0 Å². The van der Waals surface area contributed by atoms with Gasteiger partial charge in [0.15, 0.2) is 0 Å². The van der Waals surface area contributed by atoms with Crippen LogP contribution < -0.4 is 10.6 Å². The van der Waals surface area contributed by atoms with E-state index >= 15 is 0 Å². The van der Waals surface area contributed by atoms with Crippen molar-refractivity contribution in [3.63, 3.8) is 0 Å². The Morgan fingerprint density at radius 2 is 2.26 bits per heavy atom. The largest absolute Gasteiger partial charge is 0.354 e. The zero-order chi connectivity index (χ0) is 13.7. The fourth-order valence-corrected chi connectivity index (χ4v) is 5.35. The van der Waals surface area contributed by atoms with E-state index in [4.69, 9.17) is 0 Å².